The van der Waals surface area contributed by atoms with Crippen LogP contribution in [0.1, 0.15) is 17.5 Å². The Morgan fingerprint density at radius 3 is 2.70 bits per heavy atom. The van der Waals surface area contributed by atoms with Gasteiger partial charge in [0.1, 0.15) is 0 Å². The highest BCUT2D eigenvalue weighted by Gasteiger charge is 2.14. The van der Waals surface area contributed by atoms with Gasteiger partial charge in [0.25, 0.3) is 5.91 Å². The number of rotatable bonds is 7. The first kappa shape index (κ1) is 19.1. The van der Waals surface area contributed by atoms with Crippen molar-refractivity contribution < 1.29 is 23.8 Å². The van der Waals surface area contributed by atoms with Crippen molar-refractivity contribution in [1.29, 1.82) is 0 Å². The molecule has 1 heterocycles. The quantitative estimate of drug-likeness (QED) is 0.577. The molecular formula is C20H21NO5S. The third-order valence-corrected chi connectivity index (χ3v) is 5.07. The normalized spacial score (nSPS) is 11.9. The zero-order valence-electron chi connectivity index (χ0n) is 15.2. The van der Waals surface area contributed by atoms with Gasteiger partial charge in [0.15, 0.2) is 18.1 Å². The van der Waals surface area contributed by atoms with E-state index in [-0.39, 0.29) is 19.8 Å². The molecule has 0 bridgehead atoms. The number of amides is 1. The summed E-state index contributed by atoms with van der Waals surface area (Å²) >= 11 is 1.59. The average molecular weight is 387 g/mol. The van der Waals surface area contributed by atoms with Gasteiger partial charge in [0.2, 0.25) is 6.79 Å². The van der Waals surface area contributed by atoms with Gasteiger partial charge in [0.05, 0.1) is 6.42 Å². The molecule has 0 saturated carbocycles. The van der Waals surface area contributed by atoms with E-state index in [0.717, 1.165) is 4.90 Å². The Morgan fingerprint density at radius 2 is 1.89 bits per heavy atom. The molecule has 1 aliphatic heterocycles. The number of ether oxygens (including phenoxy) is 3. The minimum atomic E-state index is -0.399. The van der Waals surface area contributed by atoms with Gasteiger partial charge in [-0.25, -0.2) is 0 Å². The number of hydrogen-bond donors (Lipinski definition) is 1. The van der Waals surface area contributed by atoms with Crippen LogP contribution in [0.2, 0.25) is 0 Å². The Morgan fingerprint density at radius 1 is 1.07 bits per heavy atom. The number of nitrogens with one attached hydrogen (secondary N) is 1. The maximum absolute atomic E-state index is 11.9. The zero-order valence-corrected chi connectivity index (χ0v) is 16.1. The number of thioether (sulfide) groups is 1. The molecular weight excluding hydrogens is 366 g/mol. The highest BCUT2D eigenvalue weighted by Crippen LogP contribution is 2.34. The topological polar surface area (TPSA) is 73.9 Å². The van der Waals surface area contributed by atoms with E-state index in [9.17, 15) is 9.59 Å². The van der Waals surface area contributed by atoms with Crippen molar-refractivity contribution in [3.8, 4) is 11.5 Å². The van der Waals surface area contributed by atoms with E-state index in [2.05, 4.69) is 31.3 Å². The van der Waals surface area contributed by atoms with E-state index in [0.29, 0.717) is 22.9 Å². The first-order valence-corrected chi connectivity index (χ1v) is 9.55. The third kappa shape index (κ3) is 5.40. The minimum absolute atomic E-state index is 0.171. The van der Waals surface area contributed by atoms with Gasteiger partial charge < -0.3 is 19.5 Å². The molecule has 0 fully saturated rings. The van der Waals surface area contributed by atoms with E-state index in [1.165, 1.54) is 11.1 Å². The molecule has 1 amide bonds. The molecule has 1 N–H and O–H groups in total. The van der Waals surface area contributed by atoms with Crippen molar-refractivity contribution in [2.24, 2.45) is 0 Å². The summed E-state index contributed by atoms with van der Waals surface area (Å²) in [7, 11) is 0. The maximum Gasteiger partial charge on any atom is 0.307 e. The summed E-state index contributed by atoms with van der Waals surface area (Å²) in [6, 6.07) is 11.3. The highest BCUT2D eigenvalue weighted by atomic mass is 32.2. The molecule has 142 valence electrons. The van der Waals surface area contributed by atoms with Crippen LogP contribution in [0.4, 0.5) is 5.69 Å². The van der Waals surface area contributed by atoms with Crippen LogP contribution in [0.3, 0.4) is 0 Å². The van der Waals surface area contributed by atoms with Crippen LogP contribution < -0.4 is 14.8 Å². The molecule has 0 unspecified atom stereocenters. The predicted octanol–water partition coefficient (Wildman–Crippen LogP) is 3.70. The second-order valence-electron chi connectivity index (χ2n) is 6.12. The lowest BCUT2D eigenvalue weighted by Crippen LogP contribution is -2.21. The van der Waals surface area contributed by atoms with Gasteiger partial charge in [-0.1, -0.05) is 6.07 Å². The molecule has 0 radical (unpaired) electrons. The van der Waals surface area contributed by atoms with Gasteiger partial charge in [-0.15, -0.1) is 11.8 Å². The minimum Gasteiger partial charge on any atom is -0.456 e. The molecule has 0 saturated heterocycles. The van der Waals surface area contributed by atoms with Crippen LogP contribution in [0.5, 0.6) is 11.5 Å². The summed E-state index contributed by atoms with van der Waals surface area (Å²) in [5.41, 5.74) is 3.03. The number of hydrogen-bond acceptors (Lipinski definition) is 6. The molecule has 0 atom stereocenters. The first-order valence-electron chi connectivity index (χ1n) is 8.56. The number of fused-ring (bicyclic) bond motifs is 1. The van der Waals surface area contributed by atoms with Gasteiger partial charge in [-0.2, -0.15) is 0 Å². The molecule has 3 rings (SSSR count). The Labute approximate surface area is 162 Å². The van der Waals surface area contributed by atoms with Gasteiger partial charge >= 0.3 is 5.97 Å². The van der Waals surface area contributed by atoms with Crippen LogP contribution in [0.25, 0.3) is 0 Å². The molecule has 1 aliphatic rings. The first-order chi connectivity index (χ1) is 13.0. The lowest BCUT2D eigenvalue weighted by molar-refractivity contribution is -0.146. The van der Waals surface area contributed by atoms with E-state index >= 15 is 0 Å². The van der Waals surface area contributed by atoms with E-state index in [1.807, 2.05) is 6.07 Å². The molecule has 27 heavy (non-hydrogen) atoms. The SMILES string of the molecule is Cc1ccc(SCCC(=O)OCC(=O)Nc2ccc3c(c2)OCO3)cc1C. The van der Waals surface area contributed by atoms with Crippen LogP contribution in [0.15, 0.2) is 41.3 Å². The fourth-order valence-electron chi connectivity index (χ4n) is 2.45. The molecule has 7 heteroatoms. The smallest absolute Gasteiger partial charge is 0.307 e. The molecule has 6 nitrogen and oxygen atoms in total. The largest absolute Gasteiger partial charge is 0.456 e. The lowest BCUT2D eigenvalue weighted by Gasteiger charge is -2.08. The number of benzene rings is 2. The summed E-state index contributed by atoms with van der Waals surface area (Å²) in [5, 5.41) is 2.66. The van der Waals surface area contributed by atoms with Crippen molar-refractivity contribution in [1.82, 2.24) is 0 Å². The maximum atomic E-state index is 11.9. The van der Waals surface area contributed by atoms with Crippen molar-refractivity contribution in [2.75, 3.05) is 24.5 Å². The van der Waals surface area contributed by atoms with Crippen molar-refractivity contribution in [2.45, 2.75) is 25.2 Å². The summed E-state index contributed by atoms with van der Waals surface area (Å²) in [6.45, 7) is 3.98. The van der Waals surface area contributed by atoms with Gasteiger partial charge in [-0.3, -0.25) is 9.59 Å². The molecule has 0 spiro atoms. The molecule has 2 aromatic rings. The summed E-state index contributed by atoms with van der Waals surface area (Å²) < 4.78 is 15.5. The Bertz CT molecular complexity index is 852. The Hall–Kier alpha value is -2.67. The molecule has 0 aromatic heterocycles. The van der Waals surface area contributed by atoms with E-state index in [1.54, 1.807) is 30.0 Å². The van der Waals surface area contributed by atoms with Gasteiger partial charge in [-0.05, 0) is 49.2 Å². The molecule has 0 aliphatic carbocycles. The van der Waals surface area contributed by atoms with Crippen LogP contribution >= 0.6 is 11.8 Å². The highest BCUT2D eigenvalue weighted by molar-refractivity contribution is 7.99. The standard InChI is InChI=1S/C20H21NO5S/c1-13-3-5-16(9-14(13)2)27-8-7-20(23)24-11-19(22)21-15-4-6-17-18(10-15)26-12-25-17/h3-6,9-10H,7-8,11-12H2,1-2H3,(H,21,22). The van der Waals surface area contributed by atoms with Crippen molar-refractivity contribution in [3.05, 3.63) is 47.5 Å². The average Bonchev–Trinajstić information content (AvgIpc) is 3.11. The lowest BCUT2D eigenvalue weighted by atomic mass is 10.1. The second kappa shape index (κ2) is 8.81. The molecule has 2 aromatic carbocycles. The van der Waals surface area contributed by atoms with Crippen LogP contribution in [-0.2, 0) is 14.3 Å². The van der Waals surface area contributed by atoms with Gasteiger partial charge in [0, 0.05) is 22.4 Å². The van der Waals surface area contributed by atoms with Crippen molar-refractivity contribution in [3.63, 3.8) is 0 Å². The number of anilines is 1. The van der Waals surface area contributed by atoms with Crippen LogP contribution in [-0.4, -0.2) is 31.0 Å². The number of esters is 1. The number of aryl methyl sites for hydroxylation is 2. The number of carbonyl (C=O) groups excluding carboxylic acids is 2. The van der Waals surface area contributed by atoms with E-state index in [4.69, 9.17) is 14.2 Å². The number of carbonyl (C=O) groups is 2. The van der Waals surface area contributed by atoms with Crippen molar-refractivity contribution >= 4 is 29.3 Å². The van der Waals surface area contributed by atoms with Crippen LogP contribution in [0, 0.1) is 13.8 Å². The fraction of sp³-hybridized carbons (Fsp3) is 0.300. The van der Waals surface area contributed by atoms with E-state index < -0.39 is 11.9 Å². The predicted molar refractivity (Wildman–Crippen MR) is 103 cm³/mol. The Balaban J connectivity index is 1.37. The summed E-state index contributed by atoms with van der Waals surface area (Å²) in [4.78, 5) is 24.8. The monoisotopic (exact) mass is 387 g/mol. The Kier molecular flexibility index (Phi) is 6.24. The fourth-order valence-corrected chi connectivity index (χ4v) is 3.37. The summed E-state index contributed by atoms with van der Waals surface area (Å²) in [5.74, 6) is 1.02. The second-order valence-corrected chi connectivity index (χ2v) is 7.29. The summed E-state index contributed by atoms with van der Waals surface area (Å²) in [6.07, 6.45) is 0.245. The zero-order chi connectivity index (χ0) is 19.2. The third-order valence-electron chi connectivity index (χ3n) is 4.07.